The van der Waals surface area contributed by atoms with Crippen molar-refractivity contribution in [3.05, 3.63) is 23.6 Å². The van der Waals surface area contributed by atoms with E-state index in [0.29, 0.717) is 18.0 Å². The average molecular weight is 233 g/mol. The minimum atomic E-state index is -0.331. The summed E-state index contributed by atoms with van der Waals surface area (Å²) in [5, 5.41) is 0.948. The van der Waals surface area contributed by atoms with Crippen LogP contribution in [0.15, 0.2) is 16.5 Å². The third kappa shape index (κ3) is 2.07. The van der Waals surface area contributed by atoms with Gasteiger partial charge in [-0.15, -0.1) is 0 Å². The summed E-state index contributed by atoms with van der Waals surface area (Å²) in [6.07, 6.45) is 3.63. The first kappa shape index (κ1) is 10.4. The summed E-state index contributed by atoms with van der Waals surface area (Å²) in [6.45, 7) is 2.17. The lowest BCUT2D eigenvalue weighted by Gasteiger charge is -1.97. The molecule has 1 fully saturated rings. The predicted molar refractivity (Wildman–Crippen MR) is 62.9 cm³/mol. The van der Waals surface area contributed by atoms with E-state index < -0.39 is 0 Å². The van der Waals surface area contributed by atoms with Crippen molar-refractivity contribution in [3.63, 3.8) is 0 Å². The van der Waals surface area contributed by atoms with Gasteiger partial charge >= 0.3 is 5.97 Å². The normalized spacial score (nSPS) is 15.4. The van der Waals surface area contributed by atoms with E-state index in [1.807, 2.05) is 6.07 Å². The van der Waals surface area contributed by atoms with Crippen molar-refractivity contribution in [2.24, 2.45) is 5.92 Å². The van der Waals surface area contributed by atoms with Crippen LogP contribution in [0.3, 0.4) is 0 Å². The van der Waals surface area contributed by atoms with Gasteiger partial charge in [-0.05, 0) is 37.8 Å². The number of aromatic amines is 1. The Morgan fingerprint density at radius 1 is 1.53 bits per heavy atom. The van der Waals surface area contributed by atoms with Crippen LogP contribution in [0, 0.1) is 5.92 Å². The number of fused-ring (bicyclic) bond motifs is 1. The van der Waals surface area contributed by atoms with Crippen LogP contribution in [-0.4, -0.2) is 17.6 Å². The predicted octanol–water partition coefficient (Wildman–Crippen LogP) is 2.89. The zero-order valence-electron chi connectivity index (χ0n) is 9.79. The minimum absolute atomic E-state index is 0.331. The second-order valence-electron chi connectivity index (χ2n) is 4.55. The maximum atomic E-state index is 11.5. The topological polar surface area (TPSA) is 55.2 Å². The highest BCUT2D eigenvalue weighted by Crippen LogP contribution is 2.34. The Labute approximate surface area is 98.9 Å². The first-order valence-corrected chi connectivity index (χ1v) is 6.05. The lowest BCUT2D eigenvalue weighted by Crippen LogP contribution is -2.04. The number of nitrogens with one attached hydrogen (secondary N) is 1. The summed E-state index contributed by atoms with van der Waals surface area (Å²) in [4.78, 5) is 14.4. The van der Waals surface area contributed by atoms with E-state index in [9.17, 15) is 4.79 Å². The number of furan rings is 1. The van der Waals surface area contributed by atoms with E-state index in [0.717, 1.165) is 23.5 Å². The van der Waals surface area contributed by atoms with Crippen LogP contribution < -0.4 is 0 Å². The van der Waals surface area contributed by atoms with Gasteiger partial charge < -0.3 is 14.1 Å². The van der Waals surface area contributed by atoms with Crippen LogP contribution in [0.5, 0.6) is 0 Å². The van der Waals surface area contributed by atoms with Crippen molar-refractivity contribution >= 4 is 17.1 Å². The summed E-state index contributed by atoms with van der Waals surface area (Å²) < 4.78 is 10.6. The molecule has 0 bridgehead atoms. The van der Waals surface area contributed by atoms with E-state index >= 15 is 0 Å². The van der Waals surface area contributed by atoms with Gasteiger partial charge in [-0.3, -0.25) is 0 Å². The number of H-pyrrole nitrogens is 1. The number of ether oxygens (including phenoxy) is 1. The monoisotopic (exact) mass is 233 g/mol. The van der Waals surface area contributed by atoms with Crippen molar-refractivity contribution in [2.75, 3.05) is 6.61 Å². The maximum Gasteiger partial charge on any atom is 0.354 e. The van der Waals surface area contributed by atoms with E-state index in [-0.39, 0.29) is 5.97 Å². The highest BCUT2D eigenvalue weighted by atomic mass is 16.5. The molecular formula is C13H15NO3. The molecule has 2 aromatic rings. The Kier molecular flexibility index (Phi) is 2.42. The fourth-order valence-corrected chi connectivity index (χ4v) is 2.00. The molecule has 0 saturated heterocycles. The molecule has 0 unspecified atom stereocenters. The van der Waals surface area contributed by atoms with Gasteiger partial charge in [0.25, 0.3) is 0 Å². The average Bonchev–Trinajstić information content (AvgIpc) is 2.86. The van der Waals surface area contributed by atoms with Crippen molar-refractivity contribution < 1.29 is 13.9 Å². The first-order chi connectivity index (χ1) is 8.26. The Morgan fingerprint density at radius 2 is 2.35 bits per heavy atom. The number of carbonyl (C=O) groups is 1. The zero-order valence-corrected chi connectivity index (χ0v) is 9.79. The zero-order chi connectivity index (χ0) is 11.8. The molecule has 0 aromatic carbocycles. The van der Waals surface area contributed by atoms with Crippen LogP contribution in [-0.2, 0) is 11.2 Å². The Morgan fingerprint density at radius 3 is 3.00 bits per heavy atom. The molecule has 3 rings (SSSR count). The van der Waals surface area contributed by atoms with Gasteiger partial charge in [-0.2, -0.15) is 0 Å². The van der Waals surface area contributed by atoms with E-state index in [2.05, 4.69) is 4.98 Å². The number of rotatable bonds is 4. The van der Waals surface area contributed by atoms with Crippen LogP contribution in [0.2, 0.25) is 0 Å². The Bertz CT molecular complexity index is 517. The summed E-state index contributed by atoms with van der Waals surface area (Å²) in [5.41, 5.74) is 1.13. The lowest BCUT2D eigenvalue weighted by atomic mass is 10.2. The molecule has 0 amide bonds. The Balaban J connectivity index is 1.82. The molecule has 1 aliphatic carbocycles. The molecule has 4 heteroatoms. The maximum absolute atomic E-state index is 11.5. The molecule has 0 spiro atoms. The number of hydrogen-bond donors (Lipinski definition) is 1. The molecule has 2 heterocycles. The van der Waals surface area contributed by atoms with Gasteiger partial charge in [0.1, 0.15) is 11.5 Å². The van der Waals surface area contributed by atoms with Gasteiger partial charge in [0.2, 0.25) is 5.71 Å². The molecule has 0 radical (unpaired) electrons. The second-order valence-corrected chi connectivity index (χ2v) is 4.55. The SMILES string of the molecule is CCOC(=O)c1cc2cc(CC3CC3)oc2[nH]1. The largest absolute Gasteiger partial charge is 0.461 e. The molecule has 2 aromatic heterocycles. The Hall–Kier alpha value is -1.71. The quantitative estimate of drug-likeness (QED) is 0.826. The first-order valence-electron chi connectivity index (χ1n) is 6.05. The molecule has 1 aliphatic rings. The smallest absolute Gasteiger partial charge is 0.354 e. The molecule has 1 N–H and O–H groups in total. The third-order valence-corrected chi connectivity index (χ3v) is 3.04. The molecule has 0 atom stereocenters. The van der Waals surface area contributed by atoms with Gasteiger partial charge in [-0.25, -0.2) is 4.79 Å². The number of carbonyl (C=O) groups excluding carboxylic acids is 1. The fourth-order valence-electron chi connectivity index (χ4n) is 2.00. The van der Waals surface area contributed by atoms with Crippen LogP contribution >= 0.6 is 0 Å². The lowest BCUT2D eigenvalue weighted by molar-refractivity contribution is 0.0520. The molecule has 17 heavy (non-hydrogen) atoms. The van der Waals surface area contributed by atoms with E-state index in [4.69, 9.17) is 9.15 Å². The second kappa shape index (κ2) is 3.95. The van der Waals surface area contributed by atoms with Crippen molar-refractivity contribution in [1.29, 1.82) is 0 Å². The van der Waals surface area contributed by atoms with Gasteiger partial charge in [0.05, 0.1) is 6.61 Å². The highest BCUT2D eigenvalue weighted by molar-refractivity contribution is 5.93. The highest BCUT2D eigenvalue weighted by Gasteiger charge is 2.23. The van der Waals surface area contributed by atoms with Crippen LogP contribution in [0.1, 0.15) is 36.0 Å². The number of aromatic nitrogens is 1. The van der Waals surface area contributed by atoms with Gasteiger partial charge in [-0.1, -0.05) is 0 Å². The summed E-state index contributed by atoms with van der Waals surface area (Å²) in [5.74, 6) is 1.47. The minimum Gasteiger partial charge on any atom is -0.461 e. The molecule has 90 valence electrons. The number of esters is 1. The molecule has 0 aliphatic heterocycles. The standard InChI is InChI=1S/C13H15NO3/c1-2-16-13(15)11-7-9-6-10(5-8-3-4-8)17-12(9)14-11/h6-8,14H,2-5H2,1H3. The van der Waals surface area contributed by atoms with Crippen molar-refractivity contribution in [1.82, 2.24) is 4.98 Å². The van der Waals surface area contributed by atoms with Crippen molar-refractivity contribution in [3.8, 4) is 0 Å². The third-order valence-electron chi connectivity index (χ3n) is 3.04. The van der Waals surface area contributed by atoms with Crippen LogP contribution in [0.25, 0.3) is 11.1 Å². The molecule has 4 nitrogen and oxygen atoms in total. The van der Waals surface area contributed by atoms with E-state index in [1.165, 1.54) is 12.8 Å². The van der Waals surface area contributed by atoms with Crippen molar-refractivity contribution in [2.45, 2.75) is 26.2 Å². The summed E-state index contributed by atoms with van der Waals surface area (Å²) >= 11 is 0. The fraction of sp³-hybridized carbons (Fsp3) is 0.462. The number of hydrogen-bond acceptors (Lipinski definition) is 3. The summed E-state index contributed by atoms with van der Waals surface area (Å²) in [6, 6.07) is 3.79. The summed E-state index contributed by atoms with van der Waals surface area (Å²) in [7, 11) is 0. The van der Waals surface area contributed by atoms with Gasteiger partial charge in [0.15, 0.2) is 0 Å². The van der Waals surface area contributed by atoms with E-state index in [1.54, 1.807) is 13.0 Å². The van der Waals surface area contributed by atoms with Crippen LogP contribution in [0.4, 0.5) is 0 Å². The van der Waals surface area contributed by atoms with Gasteiger partial charge in [0, 0.05) is 11.8 Å². The molecular weight excluding hydrogens is 218 g/mol. The molecule has 1 saturated carbocycles.